The molecule has 0 saturated heterocycles. The molecule has 168 valence electrons. The summed E-state index contributed by atoms with van der Waals surface area (Å²) in [6.07, 6.45) is -1.72. The number of ether oxygens (including phenoxy) is 1. The van der Waals surface area contributed by atoms with E-state index in [1.54, 1.807) is 36.4 Å². The van der Waals surface area contributed by atoms with Crippen LogP contribution in [0.3, 0.4) is 0 Å². The number of fused-ring (bicyclic) bond motifs is 1. The van der Waals surface area contributed by atoms with Crippen molar-refractivity contribution in [1.29, 1.82) is 0 Å². The first-order chi connectivity index (χ1) is 15.3. The van der Waals surface area contributed by atoms with E-state index in [0.717, 1.165) is 9.58 Å². The van der Waals surface area contributed by atoms with E-state index in [2.05, 4.69) is 15.7 Å². The average Bonchev–Trinajstić information content (AvgIpc) is 3.22. The lowest BCUT2D eigenvalue weighted by molar-refractivity contribution is -0.173. The molecule has 4 rings (SSSR count). The molecule has 0 aliphatic carbocycles. The number of hydrogen-bond acceptors (Lipinski definition) is 5. The van der Waals surface area contributed by atoms with Gasteiger partial charge in [0, 0.05) is 11.3 Å². The highest BCUT2D eigenvalue weighted by atomic mass is 32.2. The number of methoxy groups -OCH3 is 1. The summed E-state index contributed by atoms with van der Waals surface area (Å²) >= 11 is 1.46. The number of thioether (sulfide) groups is 1. The minimum absolute atomic E-state index is 0.0403. The van der Waals surface area contributed by atoms with Crippen molar-refractivity contribution < 1.29 is 22.7 Å². The number of rotatable bonds is 5. The summed E-state index contributed by atoms with van der Waals surface area (Å²) in [6.45, 7) is 0. The van der Waals surface area contributed by atoms with E-state index in [9.17, 15) is 18.0 Å². The standard InChI is InChI=1S/C22H21F3N4O2S/c1-31-14-9-7-13(8-10-14)17-11-19(22(23,24)25)29-20(27-17)15(12-26-29)21(30)28-16-5-3-4-6-18(16)32-2/h3-10,12,17,19,27H,11H2,1-2H3,(H,28,30). The SMILES string of the molecule is COc1ccc(C2CC(C(F)(F)F)n3ncc(C(=O)Nc4ccccc4SC)c3N2)cc1. The Bertz CT molecular complexity index is 1120. The van der Waals surface area contributed by atoms with Gasteiger partial charge in [0.15, 0.2) is 6.04 Å². The first kappa shape index (κ1) is 22.1. The van der Waals surface area contributed by atoms with Gasteiger partial charge in [-0.1, -0.05) is 24.3 Å². The zero-order valence-corrected chi connectivity index (χ0v) is 18.1. The molecular formula is C22H21F3N4O2S. The summed E-state index contributed by atoms with van der Waals surface area (Å²) in [6, 6.07) is 11.5. The molecule has 6 nitrogen and oxygen atoms in total. The summed E-state index contributed by atoms with van der Waals surface area (Å²) in [5.74, 6) is 0.115. The maximum absolute atomic E-state index is 13.9. The fourth-order valence-corrected chi connectivity index (χ4v) is 4.27. The molecule has 2 aromatic carbocycles. The Hall–Kier alpha value is -3.14. The van der Waals surface area contributed by atoms with Gasteiger partial charge < -0.3 is 15.4 Å². The summed E-state index contributed by atoms with van der Waals surface area (Å²) in [5.41, 5.74) is 1.29. The maximum Gasteiger partial charge on any atom is 0.410 e. The van der Waals surface area contributed by atoms with Gasteiger partial charge in [0.1, 0.15) is 17.1 Å². The van der Waals surface area contributed by atoms with E-state index < -0.39 is 24.2 Å². The quantitative estimate of drug-likeness (QED) is 0.489. The van der Waals surface area contributed by atoms with Gasteiger partial charge in [-0.05, 0) is 36.1 Å². The molecule has 2 atom stereocenters. The van der Waals surface area contributed by atoms with E-state index in [1.165, 1.54) is 25.1 Å². The van der Waals surface area contributed by atoms with Crippen LogP contribution in [0.4, 0.5) is 24.7 Å². The molecule has 1 amide bonds. The molecule has 10 heteroatoms. The Balaban J connectivity index is 1.68. The zero-order chi connectivity index (χ0) is 22.9. The van der Waals surface area contributed by atoms with Crippen molar-refractivity contribution in [3.8, 4) is 5.75 Å². The van der Waals surface area contributed by atoms with Gasteiger partial charge in [0.05, 0.1) is 25.0 Å². The van der Waals surface area contributed by atoms with Gasteiger partial charge in [-0.15, -0.1) is 11.8 Å². The number of hydrogen-bond donors (Lipinski definition) is 2. The molecule has 0 fully saturated rings. The molecule has 0 radical (unpaired) electrons. The third-order valence-electron chi connectivity index (χ3n) is 5.36. The lowest BCUT2D eigenvalue weighted by atomic mass is 9.96. The van der Waals surface area contributed by atoms with Gasteiger partial charge in [-0.2, -0.15) is 18.3 Å². The van der Waals surface area contributed by atoms with Crippen LogP contribution in [0.2, 0.25) is 0 Å². The van der Waals surface area contributed by atoms with Gasteiger partial charge in [-0.3, -0.25) is 4.79 Å². The number of halogens is 3. The Kier molecular flexibility index (Phi) is 6.05. The fraction of sp³-hybridized carbons (Fsp3) is 0.273. The number of carbonyl (C=O) groups is 1. The Morgan fingerprint density at radius 1 is 1.22 bits per heavy atom. The number of alkyl halides is 3. The molecule has 1 aromatic heterocycles. The van der Waals surface area contributed by atoms with E-state index in [1.807, 2.05) is 18.4 Å². The number of carbonyl (C=O) groups excluding carboxylic acids is 1. The molecular weight excluding hydrogens is 441 g/mol. The van der Waals surface area contributed by atoms with Crippen molar-refractivity contribution in [2.75, 3.05) is 24.0 Å². The summed E-state index contributed by atoms with van der Waals surface area (Å²) in [7, 11) is 1.52. The van der Waals surface area contributed by atoms with Gasteiger partial charge in [-0.25, -0.2) is 4.68 Å². The Labute approximate surface area is 187 Å². The predicted molar refractivity (Wildman–Crippen MR) is 117 cm³/mol. The second-order valence-corrected chi connectivity index (χ2v) is 8.12. The van der Waals surface area contributed by atoms with Gasteiger partial charge in [0.2, 0.25) is 0 Å². The highest BCUT2D eigenvalue weighted by Gasteiger charge is 2.47. The Morgan fingerprint density at radius 3 is 2.59 bits per heavy atom. The zero-order valence-electron chi connectivity index (χ0n) is 17.3. The second-order valence-electron chi connectivity index (χ2n) is 7.27. The molecule has 3 aromatic rings. The minimum Gasteiger partial charge on any atom is -0.497 e. The highest BCUT2D eigenvalue weighted by Crippen LogP contribution is 2.44. The van der Waals surface area contributed by atoms with E-state index in [4.69, 9.17) is 4.74 Å². The van der Waals surface area contributed by atoms with Gasteiger partial charge in [0.25, 0.3) is 5.91 Å². The average molecular weight is 462 g/mol. The number of benzene rings is 2. The van der Waals surface area contributed by atoms with Crippen LogP contribution >= 0.6 is 11.8 Å². The van der Waals surface area contributed by atoms with Crippen LogP contribution in [-0.2, 0) is 0 Å². The number of anilines is 2. The van der Waals surface area contributed by atoms with Gasteiger partial charge >= 0.3 is 6.18 Å². The fourth-order valence-electron chi connectivity index (χ4n) is 3.72. The van der Waals surface area contributed by atoms with E-state index in [-0.39, 0.29) is 17.8 Å². The summed E-state index contributed by atoms with van der Waals surface area (Å²) in [4.78, 5) is 13.8. The highest BCUT2D eigenvalue weighted by molar-refractivity contribution is 7.98. The van der Waals surface area contributed by atoms with Crippen molar-refractivity contribution in [2.45, 2.75) is 29.6 Å². The lowest BCUT2D eigenvalue weighted by Crippen LogP contribution is -2.36. The van der Waals surface area contributed by atoms with E-state index in [0.29, 0.717) is 17.0 Å². The number of para-hydroxylation sites is 1. The van der Waals surface area contributed by atoms with Crippen LogP contribution in [0.1, 0.15) is 34.4 Å². The normalized spacial score (nSPS) is 17.9. The largest absolute Gasteiger partial charge is 0.497 e. The molecule has 2 N–H and O–H groups in total. The van der Waals surface area contributed by atoms with Crippen molar-refractivity contribution in [2.24, 2.45) is 0 Å². The van der Waals surface area contributed by atoms with Crippen molar-refractivity contribution in [3.05, 3.63) is 65.9 Å². The predicted octanol–water partition coefficient (Wildman–Crippen LogP) is 5.53. The monoisotopic (exact) mass is 462 g/mol. The maximum atomic E-state index is 13.9. The summed E-state index contributed by atoms with van der Waals surface area (Å²) in [5, 5.41) is 9.79. The van der Waals surface area contributed by atoms with E-state index >= 15 is 0 Å². The van der Waals surface area contributed by atoms with Crippen LogP contribution in [0, 0.1) is 0 Å². The lowest BCUT2D eigenvalue weighted by Gasteiger charge is -2.34. The molecule has 0 saturated carbocycles. The molecule has 2 unspecified atom stereocenters. The van der Waals surface area contributed by atoms with Crippen molar-refractivity contribution in [3.63, 3.8) is 0 Å². The van der Waals surface area contributed by atoms with Crippen molar-refractivity contribution in [1.82, 2.24) is 9.78 Å². The molecule has 0 bridgehead atoms. The number of aromatic nitrogens is 2. The smallest absolute Gasteiger partial charge is 0.410 e. The Morgan fingerprint density at radius 2 is 1.94 bits per heavy atom. The van der Waals surface area contributed by atoms with Crippen LogP contribution < -0.4 is 15.4 Å². The minimum atomic E-state index is -4.52. The number of nitrogens with zero attached hydrogens (tertiary/aromatic N) is 2. The molecule has 1 aliphatic heterocycles. The van der Waals surface area contributed by atoms with Crippen LogP contribution in [0.5, 0.6) is 5.75 Å². The second kappa shape index (κ2) is 8.78. The third-order valence-corrected chi connectivity index (χ3v) is 6.15. The number of amides is 1. The van der Waals surface area contributed by atoms with Crippen molar-refractivity contribution >= 4 is 29.2 Å². The number of nitrogens with one attached hydrogen (secondary N) is 2. The molecule has 32 heavy (non-hydrogen) atoms. The van der Waals surface area contributed by atoms with Crippen LogP contribution in [0.15, 0.2) is 59.6 Å². The summed E-state index contributed by atoms with van der Waals surface area (Å²) < 4.78 is 47.6. The molecule has 2 heterocycles. The first-order valence-electron chi connectivity index (χ1n) is 9.81. The molecule has 1 aliphatic rings. The third kappa shape index (κ3) is 4.27. The topological polar surface area (TPSA) is 68.2 Å². The first-order valence-corrected chi connectivity index (χ1v) is 11.0. The van der Waals surface area contributed by atoms with Crippen LogP contribution in [0.25, 0.3) is 0 Å². The molecule has 0 spiro atoms. The van der Waals surface area contributed by atoms with Crippen LogP contribution in [-0.4, -0.2) is 35.2 Å².